The summed E-state index contributed by atoms with van der Waals surface area (Å²) in [5, 5.41) is 9.30. The lowest BCUT2D eigenvalue weighted by molar-refractivity contribution is 0.0594. The Kier molecular flexibility index (Phi) is 3.53. The number of carbonyl (C=O) groups excluding carboxylic acids is 1. The Bertz CT molecular complexity index is 1070. The number of hydrogen-bond donors (Lipinski definition) is 2. The van der Waals surface area contributed by atoms with Crippen LogP contribution in [0, 0.1) is 0 Å². The minimum Gasteiger partial charge on any atom is -0.478 e. The highest BCUT2D eigenvalue weighted by molar-refractivity contribution is 5.97. The van der Waals surface area contributed by atoms with Gasteiger partial charge in [-0.2, -0.15) is 0 Å². The van der Waals surface area contributed by atoms with Crippen LogP contribution in [0.3, 0.4) is 0 Å². The zero-order valence-corrected chi connectivity index (χ0v) is 14.7. The van der Waals surface area contributed by atoms with Crippen LogP contribution < -0.4 is 0 Å². The molecule has 2 N–H and O–H groups in total. The van der Waals surface area contributed by atoms with E-state index in [-0.39, 0.29) is 17.9 Å². The second kappa shape index (κ2) is 5.94. The summed E-state index contributed by atoms with van der Waals surface area (Å²) in [6.45, 7) is 0.737. The van der Waals surface area contributed by atoms with Crippen molar-refractivity contribution >= 4 is 22.9 Å². The first-order chi connectivity index (χ1) is 13.1. The van der Waals surface area contributed by atoms with Gasteiger partial charge >= 0.3 is 5.97 Å². The van der Waals surface area contributed by atoms with E-state index in [1.165, 1.54) is 5.56 Å². The van der Waals surface area contributed by atoms with E-state index >= 15 is 0 Å². The van der Waals surface area contributed by atoms with Crippen LogP contribution in [0.2, 0.25) is 0 Å². The lowest BCUT2D eigenvalue weighted by Crippen LogP contribution is -2.46. The van der Waals surface area contributed by atoms with Gasteiger partial charge in [0.15, 0.2) is 0 Å². The fourth-order valence-electron chi connectivity index (χ4n) is 4.64. The van der Waals surface area contributed by atoms with Gasteiger partial charge in [0.05, 0.1) is 22.9 Å². The monoisotopic (exact) mass is 361 g/mol. The second-order valence-corrected chi connectivity index (χ2v) is 7.37. The van der Waals surface area contributed by atoms with Crippen LogP contribution >= 0.6 is 0 Å². The average molecular weight is 361 g/mol. The molecule has 1 aromatic heterocycles. The van der Waals surface area contributed by atoms with Gasteiger partial charge in [0.1, 0.15) is 0 Å². The van der Waals surface area contributed by atoms with Crippen molar-refractivity contribution in [3.63, 3.8) is 0 Å². The number of piperidine rings is 1. The van der Waals surface area contributed by atoms with Gasteiger partial charge < -0.3 is 15.0 Å². The molecular weight excluding hydrogens is 342 g/mol. The standard InChI is InChI=1S/C21H19N3O3/c25-20(13-5-6-17-18(9-13)23-11-22-17)24-7-1-2-15-16-8-14(21(26)27)4-3-12(16)10-19(15)24/h3-6,8-9,11,15,19H,1-2,7,10H2,(H,22,23)(H,26,27)/t15-,19+/m1/s1. The number of H-pyrrole nitrogens is 1. The number of aromatic amines is 1. The maximum absolute atomic E-state index is 13.2. The van der Waals surface area contributed by atoms with Crippen LogP contribution in [0.5, 0.6) is 0 Å². The van der Waals surface area contributed by atoms with Gasteiger partial charge in [0.2, 0.25) is 0 Å². The fourth-order valence-corrected chi connectivity index (χ4v) is 4.64. The van der Waals surface area contributed by atoms with E-state index < -0.39 is 5.97 Å². The molecule has 0 saturated carbocycles. The quantitative estimate of drug-likeness (QED) is 0.734. The number of carboxylic acid groups (broad SMARTS) is 1. The van der Waals surface area contributed by atoms with Crippen molar-refractivity contribution in [1.29, 1.82) is 0 Å². The van der Waals surface area contributed by atoms with Crippen molar-refractivity contribution < 1.29 is 14.7 Å². The summed E-state index contributed by atoms with van der Waals surface area (Å²) in [6.07, 6.45) is 4.33. The topological polar surface area (TPSA) is 86.3 Å². The summed E-state index contributed by atoms with van der Waals surface area (Å²) in [5.41, 5.74) is 4.95. The van der Waals surface area contributed by atoms with E-state index in [1.54, 1.807) is 18.5 Å². The van der Waals surface area contributed by atoms with Crippen molar-refractivity contribution in [1.82, 2.24) is 14.9 Å². The zero-order chi connectivity index (χ0) is 18.5. The fraction of sp³-hybridized carbons (Fsp3) is 0.286. The van der Waals surface area contributed by atoms with Crippen LogP contribution in [0.1, 0.15) is 50.6 Å². The molecule has 6 nitrogen and oxygen atoms in total. The lowest BCUT2D eigenvalue weighted by Gasteiger charge is -2.38. The lowest BCUT2D eigenvalue weighted by atomic mass is 9.87. The number of benzene rings is 2. The molecule has 1 aliphatic carbocycles. The number of nitrogens with zero attached hydrogens (tertiary/aromatic N) is 2. The van der Waals surface area contributed by atoms with E-state index in [1.807, 2.05) is 29.2 Å². The number of imidazole rings is 1. The van der Waals surface area contributed by atoms with Gasteiger partial charge in [0, 0.05) is 24.1 Å². The smallest absolute Gasteiger partial charge is 0.335 e. The summed E-state index contributed by atoms with van der Waals surface area (Å²) < 4.78 is 0. The van der Waals surface area contributed by atoms with Crippen LogP contribution in [-0.2, 0) is 6.42 Å². The molecule has 0 bridgehead atoms. The SMILES string of the molecule is O=C(O)c1ccc2c(c1)[C@H]1CCCN(C(=O)c3ccc4nc[nH]c4c3)[C@H]1C2. The molecule has 0 unspecified atom stereocenters. The Balaban J connectivity index is 1.47. The molecule has 27 heavy (non-hydrogen) atoms. The van der Waals surface area contributed by atoms with Crippen LogP contribution in [0.15, 0.2) is 42.7 Å². The number of carboxylic acids is 1. The third-order valence-electron chi connectivity index (χ3n) is 5.93. The molecule has 2 aromatic carbocycles. The predicted molar refractivity (Wildman–Crippen MR) is 100.0 cm³/mol. The molecule has 1 fully saturated rings. The molecule has 2 atom stereocenters. The summed E-state index contributed by atoms with van der Waals surface area (Å²) in [4.78, 5) is 33.8. The highest BCUT2D eigenvalue weighted by Crippen LogP contribution is 2.43. The van der Waals surface area contributed by atoms with Crippen molar-refractivity contribution in [2.75, 3.05) is 6.54 Å². The number of hydrogen-bond acceptors (Lipinski definition) is 3. The van der Waals surface area contributed by atoms with Crippen LogP contribution in [0.4, 0.5) is 0 Å². The third-order valence-corrected chi connectivity index (χ3v) is 5.93. The summed E-state index contributed by atoms with van der Waals surface area (Å²) >= 11 is 0. The maximum atomic E-state index is 13.2. The first kappa shape index (κ1) is 16.1. The average Bonchev–Trinajstić information content (AvgIpc) is 3.30. The molecular formula is C21H19N3O3. The minimum absolute atomic E-state index is 0.0347. The number of amides is 1. The van der Waals surface area contributed by atoms with E-state index in [4.69, 9.17) is 0 Å². The van der Waals surface area contributed by atoms with Crippen molar-refractivity contribution in [3.05, 3.63) is 65.0 Å². The summed E-state index contributed by atoms with van der Waals surface area (Å²) in [7, 11) is 0. The number of fused-ring (bicyclic) bond motifs is 4. The zero-order valence-electron chi connectivity index (χ0n) is 14.7. The Morgan fingerprint density at radius 1 is 1.15 bits per heavy atom. The predicted octanol–water partition coefficient (Wildman–Crippen LogP) is 3.21. The van der Waals surface area contributed by atoms with Crippen molar-refractivity contribution in [2.45, 2.75) is 31.2 Å². The molecule has 5 rings (SSSR count). The molecule has 1 amide bonds. The normalized spacial score (nSPS) is 21.1. The van der Waals surface area contributed by atoms with Gasteiger partial charge in [-0.05, 0) is 60.7 Å². The molecule has 0 spiro atoms. The highest BCUT2D eigenvalue weighted by atomic mass is 16.4. The van der Waals surface area contributed by atoms with E-state index in [0.717, 1.165) is 42.4 Å². The molecule has 3 aromatic rings. The van der Waals surface area contributed by atoms with Crippen LogP contribution in [0.25, 0.3) is 11.0 Å². The van der Waals surface area contributed by atoms with Gasteiger partial charge in [0.25, 0.3) is 5.91 Å². The molecule has 0 radical (unpaired) electrons. The second-order valence-electron chi connectivity index (χ2n) is 7.37. The molecule has 1 saturated heterocycles. The molecule has 1 aliphatic heterocycles. The number of nitrogens with one attached hydrogen (secondary N) is 1. The van der Waals surface area contributed by atoms with Gasteiger partial charge in [-0.3, -0.25) is 4.79 Å². The van der Waals surface area contributed by atoms with E-state index in [0.29, 0.717) is 11.1 Å². The van der Waals surface area contributed by atoms with E-state index in [2.05, 4.69) is 9.97 Å². The van der Waals surface area contributed by atoms with Gasteiger partial charge in [-0.1, -0.05) is 6.07 Å². The number of aromatic carboxylic acids is 1. The van der Waals surface area contributed by atoms with Crippen LogP contribution in [-0.4, -0.2) is 44.4 Å². The molecule has 6 heteroatoms. The number of likely N-dealkylation sites (tertiary alicyclic amines) is 1. The highest BCUT2D eigenvalue weighted by Gasteiger charge is 2.41. The number of carbonyl (C=O) groups is 2. The molecule has 2 heterocycles. The minimum atomic E-state index is -0.905. The molecule has 2 aliphatic rings. The van der Waals surface area contributed by atoms with Gasteiger partial charge in [-0.15, -0.1) is 0 Å². The Hall–Kier alpha value is -3.15. The summed E-state index contributed by atoms with van der Waals surface area (Å²) in [6, 6.07) is 11.0. The number of aromatic nitrogens is 2. The van der Waals surface area contributed by atoms with Gasteiger partial charge in [-0.25, -0.2) is 9.78 Å². The van der Waals surface area contributed by atoms with E-state index in [9.17, 15) is 14.7 Å². The first-order valence-corrected chi connectivity index (χ1v) is 9.22. The first-order valence-electron chi connectivity index (χ1n) is 9.22. The van der Waals surface area contributed by atoms with Crippen molar-refractivity contribution in [3.8, 4) is 0 Å². The Labute approximate surface area is 155 Å². The largest absolute Gasteiger partial charge is 0.478 e. The third kappa shape index (κ3) is 2.51. The number of rotatable bonds is 2. The Morgan fingerprint density at radius 3 is 2.85 bits per heavy atom. The Morgan fingerprint density at radius 2 is 2.00 bits per heavy atom. The van der Waals surface area contributed by atoms with Crippen molar-refractivity contribution in [2.24, 2.45) is 0 Å². The maximum Gasteiger partial charge on any atom is 0.335 e. The molecule has 136 valence electrons. The summed E-state index contributed by atoms with van der Waals surface area (Å²) in [5.74, 6) is -0.654.